The number of H-pyrrole nitrogens is 1. The fourth-order valence-corrected chi connectivity index (χ4v) is 3.30. The topological polar surface area (TPSA) is 173 Å². The van der Waals surface area contributed by atoms with Crippen molar-refractivity contribution in [2.45, 2.75) is 11.9 Å². The van der Waals surface area contributed by atoms with Crippen molar-refractivity contribution in [3.63, 3.8) is 0 Å². The second-order valence-electron chi connectivity index (χ2n) is 3.36. The van der Waals surface area contributed by atoms with Crippen LogP contribution in [0.5, 0.6) is 0 Å². The molecule has 0 bridgehead atoms. The van der Waals surface area contributed by atoms with Crippen LogP contribution in [0.3, 0.4) is 0 Å². The second-order valence-corrected chi connectivity index (χ2v) is 7.15. The van der Waals surface area contributed by atoms with E-state index >= 15 is 0 Å². The Balaban J connectivity index is 2.77. The Labute approximate surface area is 101 Å². The maximum absolute atomic E-state index is 11.4. The molecule has 0 aromatic carbocycles. The summed E-state index contributed by atoms with van der Waals surface area (Å²) >= 11 is 0. The smallest absolute Gasteiger partial charge is 0.351 e. The molecule has 1 aromatic rings. The highest BCUT2D eigenvalue weighted by molar-refractivity contribution is 7.70. The number of amides is 1. The van der Waals surface area contributed by atoms with Crippen molar-refractivity contribution in [2.75, 3.05) is 0 Å². The average molecular weight is 299 g/mol. The third kappa shape index (κ3) is 4.34. The molecular weight excluding hydrogens is 288 g/mol. The zero-order valence-corrected chi connectivity index (χ0v) is 10.6. The van der Waals surface area contributed by atoms with Crippen molar-refractivity contribution < 1.29 is 33.5 Å². The zero-order valence-electron chi connectivity index (χ0n) is 8.79. The van der Waals surface area contributed by atoms with E-state index < -0.39 is 26.6 Å². The van der Waals surface area contributed by atoms with E-state index in [1.807, 2.05) is 0 Å². The van der Waals surface area contributed by atoms with E-state index in [4.69, 9.17) is 19.6 Å². The molecule has 0 aliphatic carbocycles. The third-order valence-electron chi connectivity index (χ3n) is 1.82. The lowest BCUT2D eigenvalue weighted by atomic mass is 10.3. The molecule has 6 N–H and O–H groups in total. The van der Waals surface area contributed by atoms with Crippen LogP contribution in [0.15, 0.2) is 12.5 Å². The summed E-state index contributed by atoms with van der Waals surface area (Å²) in [5, 5.41) is 1.62. The zero-order chi connectivity index (χ0) is 14.0. The summed E-state index contributed by atoms with van der Waals surface area (Å²) in [7, 11) is -10.3. The van der Waals surface area contributed by atoms with Crippen LogP contribution in [0, 0.1) is 0 Å². The molecule has 10 nitrogen and oxygen atoms in total. The van der Waals surface area contributed by atoms with Gasteiger partial charge in [0.1, 0.15) is 0 Å². The second kappa shape index (κ2) is 5.31. The summed E-state index contributed by atoms with van der Waals surface area (Å²) in [6.07, 6.45) is 2.29. The van der Waals surface area contributed by atoms with Crippen molar-refractivity contribution in [1.29, 1.82) is 0 Å². The maximum atomic E-state index is 11.4. The largest absolute Gasteiger partial charge is 0.360 e. The predicted octanol–water partition coefficient (Wildman–Crippen LogP) is -1.29. The van der Waals surface area contributed by atoms with Gasteiger partial charge in [-0.1, -0.05) is 0 Å². The van der Waals surface area contributed by atoms with Crippen LogP contribution in [0.2, 0.25) is 0 Å². The number of carbonyl (C=O) groups is 1. The van der Waals surface area contributed by atoms with Gasteiger partial charge in [0.15, 0.2) is 0 Å². The number of aromatic amines is 1. The Hall–Kier alpha value is -1.02. The van der Waals surface area contributed by atoms with Gasteiger partial charge in [-0.2, -0.15) is 0 Å². The highest BCUT2D eigenvalue weighted by Gasteiger charge is 2.44. The van der Waals surface area contributed by atoms with Gasteiger partial charge in [0.2, 0.25) is 11.4 Å². The number of imidazole rings is 1. The summed E-state index contributed by atoms with van der Waals surface area (Å²) in [5.41, 5.74) is -2.28. The van der Waals surface area contributed by atoms with Crippen LogP contribution in [0.1, 0.15) is 5.69 Å². The summed E-state index contributed by atoms with van der Waals surface area (Å²) in [6.45, 7) is 0. The summed E-state index contributed by atoms with van der Waals surface area (Å²) in [5.74, 6) is -0.959. The monoisotopic (exact) mass is 299 g/mol. The first-order chi connectivity index (χ1) is 8.10. The Morgan fingerprint density at radius 1 is 1.33 bits per heavy atom. The number of carbonyl (C=O) groups excluding carboxylic acids is 1. The number of hydrogen-bond donors (Lipinski definition) is 6. The van der Waals surface area contributed by atoms with Crippen molar-refractivity contribution >= 4 is 21.1 Å². The molecule has 0 spiro atoms. The first kappa shape index (κ1) is 15.0. The Morgan fingerprint density at radius 2 is 1.89 bits per heavy atom. The van der Waals surface area contributed by atoms with Gasteiger partial charge in [-0.15, -0.1) is 0 Å². The van der Waals surface area contributed by atoms with Crippen molar-refractivity contribution in [3.05, 3.63) is 18.2 Å². The highest BCUT2D eigenvalue weighted by Crippen LogP contribution is 2.58. The fourth-order valence-electron chi connectivity index (χ4n) is 1.11. The van der Waals surface area contributed by atoms with Gasteiger partial charge in [-0.05, 0) is 0 Å². The minimum Gasteiger partial charge on any atom is -0.351 e. The number of aromatic nitrogens is 2. The number of rotatable bonds is 5. The van der Waals surface area contributed by atoms with Crippen LogP contribution in [0.4, 0.5) is 0 Å². The molecule has 0 unspecified atom stereocenters. The summed E-state index contributed by atoms with van der Waals surface area (Å²) in [6, 6.07) is 0. The molecule has 0 radical (unpaired) electrons. The van der Waals surface area contributed by atoms with E-state index in [2.05, 4.69) is 9.97 Å². The Morgan fingerprint density at radius 3 is 2.28 bits per heavy atom. The van der Waals surface area contributed by atoms with E-state index in [0.29, 0.717) is 0 Å². The molecule has 0 aliphatic heterocycles. The summed E-state index contributed by atoms with van der Waals surface area (Å²) < 4.78 is 21.8. The maximum Gasteiger partial charge on any atom is 0.360 e. The van der Waals surface area contributed by atoms with Crippen LogP contribution in [0.25, 0.3) is 0 Å². The molecule has 0 saturated carbocycles. The van der Waals surface area contributed by atoms with Crippen LogP contribution < -0.4 is 5.32 Å². The van der Waals surface area contributed by atoms with Gasteiger partial charge in [0.05, 0.1) is 18.4 Å². The van der Waals surface area contributed by atoms with E-state index in [1.54, 1.807) is 5.32 Å². The number of hydrogen-bond acceptors (Lipinski definition) is 4. The molecule has 0 fully saturated rings. The minimum atomic E-state index is -5.16. The standard InChI is InChI=1S/C6H11N3O7P2/c10-5(1-4-2-7-3-8-4)9-6(17(11,12)13)18(14,15)16/h2-3,6H,1H2,(H,7,8)(H,9,10)(H2,11,12,13)(H2,14,15,16). The first-order valence-electron chi connectivity index (χ1n) is 4.48. The highest BCUT2D eigenvalue weighted by atomic mass is 31.2. The van der Waals surface area contributed by atoms with Crippen molar-refractivity contribution in [1.82, 2.24) is 15.3 Å². The Kier molecular flexibility index (Phi) is 4.44. The third-order valence-corrected chi connectivity index (χ3v) is 5.16. The normalized spacial score (nSPS) is 12.7. The van der Waals surface area contributed by atoms with E-state index in [9.17, 15) is 13.9 Å². The molecule has 1 rings (SSSR count). The molecule has 18 heavy (non-hydrogen) atoms. The summed E-state index contributed by atoms with van der Waals surface area (Å²) in [4.78, 5) is 52.7. The molecule has 0 atom stereocenters. The molecule has 102 valence electrons. The lowest BCUT2D eigenvalue weighted by Crippen LogP contribution is -2.35. The van der Waals surface area contributed by atoms with Gasteiger partial charge in [0.25, 0.3) is 0 Å². The van der Waals surface area contributed by atoms with Gasteiger partial charge in [-0.25, -0.2) is 4.98 Å². The molecule has 12 heteroatoms. The van der Waals surface area contributed by atoms with Gasteiger partial charge in [0, 0.05) is 6.20 Å². The van der Waals surface area contributed by atoms with E-state index in [0.717, 1.165) is 0 Å². The lowest BCUT2D eigenvalue weighted by molar-refractivity contribution is -0.120. The molecule has 0 saturated heterocycles. The molecule has 1 aromatic heterocycles. The molecular formula is C6H11N3O7P2. The van der Waals surface area contributed by atoms with Gasteiger partial charge < -0.3 is 29.9 Å². The quantitative estimate of drug-likeness (QED) is 0.364. The van der Waals surface area contributed by atoms with Crippen LogP contribution in [-0.2, 0) is 20.3 Å². The Bertz CT molecular complexity index is 481. The molecule has 1 amide bonds. The lowest BCUT2D eigenvalue weighted by Gasteiger charge is -2.20. The van der Waals surface area contributed by atoms with Crippen molar-refractivity contribution in [2.24, 2.45) is 0 Å². The number of nitrogens with zero attached hydrogens (tertiary/aromatic N) is 1. The molecule has 0 aliphatic rings. The minimum absolute atomic E-state index is 0.266. The average Bonchev–Trinajstić information content (AvgIpc) is 2.63. The van der Waals surface area contributed by atoms with Crippen molar-refractivity contribution in [3.8, 4) is 0 Å². The van der Waals surface area contributed by atoms with Gasteiger partial charge >= 0.3 is 15.2 Å². The van der Waals surface area contributed by atoms with Crippen LogP contribution >= 0.6 is 15.2 Å². The van der Waals surface area contributed by atoms with Gasteiger partial charge in [-0.3, -0.25) is 13.9 Å². The fraction of sp³-hybridized carbons (Fsp3) is 0.333. The number of nitrogens with one attached hydrogen (secondary N) is 2. The van der Waals surface area contributed by atoms with E-state index in [-0.39, 0.29) is 12.1 Å². The molecule has 1 heterocycles. The first-order valence-corrected chi connectivity index (χ1v) is 7.84. The predicted molar refractivity (Wildman–Crippen MR) is 58.3 cm³/mol. The SMILES string of the molecule is O=C(Cc1c[nH]cn1)NC(P(=O)(O)O)P(=O)(O)O. The van der Waals surface area contributed by atoms with E-state index in [1.165, 1.54) is 12.5 Å². The van der Waals surface area contributed by atoms with Crippen LogP contribution in [-0.4, -0.2) is 41.0 Å².